The third-order valence-electron chi connectivity index (χ3n) is 0. The van der Waals surface area contributed by atoms with Gasteiger partial charge in [0.1, 0.15) is 0 Å². The van der Waals surface area contributed by atoms with Crippen LogP contribution in [0.4, 0.5) is 0 Å². The third kappa shape index (κ3) is 620. The molecule has 12 heteroatoms. The summed E-state index contributed by atoms with van der Waals surface area (Å²) in [4.78, 5) is 0. The van der Waals surface area contributed by atoms with E-state index in [2.05, 4.69) is 0 Å². The zero-order chi connectivity index (χ0) is 11.4. The van der Waals surface area contributed by atoms with E-state index in [1.165, 1.54) is 0 Å². The monoisotopic (exact) mass is 661 g/mol. The topological polar surface area (TPSA) is 137 Å². The van der Waals surface area contributed by atoms with E-state index in [-0.39, 0.29) is 68.8 Å². The summed E-state index contributed by atoms with van der Waals surface area (Å²) in [5.41, 5.74) is 0. The van der Waals surface area contributed by atoms with Crippen LogP contribution in [0.15, 0.2) is 0 Å². The van der Waals surface area contributed by atoms with E-state index in [4.69, 9.17) is 27.4 Å². The second-order valence-corrected chi connectivity index (χ2v) is 3.07. The normalized spacial score (nSPS) is 6.17. The molecule has 0 fully saturated rings. The summed E-state index contributed by atoms with van der Waals surface area (Å²) >= 11 is -7.50. The molecule has 0 aromatic heterocycles. The Morgan fingerprint density at radius 3 is 0.833 bits per heavy atom. The minimum atomic E-state index is -7.74. The van der Waals surface area contributed by atoms with Crippen LogP contribution in [0.1, 0.15) is 0 Å². The first-order valence-electron chi connectivity index (χ1n) is 1.61. The quantitative estimate of drug-likeness (QED) is 0.273. The summed E-state index contributed by atoms with van der Waals surface area (Å²) in [6.07, 6.45) is 0. The molecule has 65 valence electrons. The van der Waals surface area contributed by atoms with Crippen LogP contribution in [0.5, 0.6) is 0 Å². The molecule has 0 saturated heterocycles. The third-order valence-corrected chi connectivity index (χ3v) is 0. The van der Waals surface area contributed by atoms with E-state index >= 15 is 0 Å². The SMILES string of the molecule is [O]=[BiH].[O]=[Pb].[O]=[V](=[O])(=[O])(=[O])=[O].[O]=[Zn]. The Kier molecular flexibility index (Phi) is 24.1. The first-order chi connectivity index (χ1) is 5.24. The Labute approximate surface area is 107 Å². The molecule has 0 bridgehead atoms. The van der Waals surface area contributed by atoms with Gasteiger partial charge in [0.15, 0.2) is 0 Å². The Hall–Kier alpha value is 1.41. The molecule has 0 aliphatic rings. The summed E-state index contributed by atoms with van der Waals surface area (Å²) in [7, 11) is 0. The van der Waals surface area contributed by atoms with Gasteiger partial charge in [0, 0.05) is 0 Å². The van der Waals surface area contributed by atoms with Gasteiger partial charge in [-0.05, 0) is 0 Å². The molecule has 0 aliphatic heterocycles. The van der Waals surface area contributed by atoms with Crippen LogP contribution in [-0.4, -0.2) is 50.5 Å². The molecular weight excluding hydrogens is 661 g/mol. The summed E-state index contributed by atoms with van der Waals surface area (Å²) in [5.74, 6) is 0. The average Bonchev–Trinajstić information content (AvgIpc) is 1.95. The predicted molar refractivity (Wildman–Crippen MR) is 18.4 cm³/mol. The molecule has 0 saturated carbocycles. The van der Waals surface area contributed by atoms with E-state index in [1.807, 2.05) is 0 Å². The molecule has 0 amide bonds. The Bertz CT molecular complexity index is 326. The molecule has 0 aliphatic carbocycles. The fraction of sp³-hybridized carbons (Fsp3) is 0. The molecule has 2 radical (unpaired) electrons. The van der Waals surface area contributed by atoms with Crippen molar-refractivity contribution in [2.75, 3.05) is 0 Å². The van der Waals surface area contributed by atoms with Gasteiger partial charge >= 0.3 is 109 Å². The molecule has 0 rings (SSSR count). The van der Waals surface area contributed by atoms with Crippen molar-refractivity contribution in [3.05, 3.63) is 0 Å². The average molecular weight is 662 g/mol. The second kappa shape index (κ2) is 12.4. The van der Waals surface area contributed by atoms with Crippen molar-refractivity contribution < 1.29 is 58.3 Å². The standard InChI is InChI=1S/Bi.8O.Pb.V.Zn.H. The first kappa shape index (κ1) is 23.3. The zero-order valence-corrected chi connectivity index (χ0v) is 17.6. The minimum absolute atomic E-state index is 0.0556. The van der Waals surface area contributed by atoms with E-state index in [1.54, 1.807) is 0 Å². The Morgan fingerprint density at radius 2 is 0.833 bits per heavy atom. The van der Waals surface area contributed by atoms with Gasteiger partial charge in [0.25, 0.3) is 0 Å². The van der Waals surface area contributed by atoms with Gasteiger partial charge in [-0.1, -0.05) is 0 Å². The second-order valence-electron chi connectivity index (χ2n) is 0.745. The molecule has 0 heterocycles. The fourth-order valence-corrected chi connectivity index (χ4v) is 0. The fourth-order valence-electron chi connectivity index (χ4n) is 0. The van der Waals surface area contributed by atoms with Crippen molar-refractivity contribution in [1.82, 2.24) is 0 Å². The van der Waals surface area contributed by atoms with Gasteiger partial charge in [0.2, 0.25) is 0 Å². The van der Waals surface area contributed by atoms with E-state index in [9.17, 15) is 0 Å². The zero-order valence-electron chi connectivity index (χ0n) is 5.42. The summed E-state index contributed by atoms with van der Waals surface area (Å²) < 4.78 is 68.3. The van der Waals surface area contributed by atoms with Crippen molar-refractivity contribution in [1.29, 1.82) is 0 Å². The van der Waals surface area contributed by atoms with Gasteiger partial charge in [-0.15, -0.1) is 0 Å². The van der Waals surface area contributed by atoms with Crippen LogP contribution < -0.4 is 0 Å². The maximum atomic E-state index is 8.64. The van der Waals surface area contributed by atoms with Gasteiger partial charge in [-0.3, -0.25) is 0 Å². The van der Waals surface area contributed by atoms with Gasteiger partial charge in [0.05, 0.1) is 0 Å². The number of hydrogen-bond donors (Lipinski definition) is 0. The number of hydrogen-bond acceptors (Lipinski definition) is 8. The molecule has 8 nitrogen and oxygen atoms in total. The molecule has 0 N–H and O–H groups in total. The van der Waals surface area contributed by atoms with Crippen LogP contribution in [0, 0.1) is 0 Å². The summed E-state index contributed by atoms with van der Waals surface area (Å²) in [6.45, 7) is 0. The molecule has 0 aromatic rings. The number of rotatable bonds is 0. The molecule has 0 spiro atoms. The van der Waals surface area contributed by atoms with E-state index in [0.29, 0.717) is 0 Å². The molecule has 12 heavy (non-hydrogen) atoms. The molecule has 0 unspecified atom stereocenters. The van der Waals surface area contributed by atoms with Gasteiger partial charge in [-0.2, -0.15) is 0 Å². The molecule has 0 aromatic carbocycles. The van der Waals surface area contributed by atoms with Crippen molar-refractivity contribution >= 4 is 50.5 Å². The van der Waals surface area contributed by atoms with Gasteiger partial charge < -0.3 is 0 Å². The van der Waals surface area contributed by atoms with Crippen molar-refractivity contribution in [2.45, 2.75) is 0 Å². The van der Waals surface area contributed by atoms with E-state index < -0.39 is 12.6 Å². The Morgan fingerprint density at radius 1 is 0.833 bits per heavy atom. The van der Waals surface area contributed by atoms with Crippen LogP contribution in [0.3, 0.4) is 0 Å². The van der Waals surface area contributed by atoms with Crippen LogP contribution >= 0.6 is 0 Å². The summed E-state index contributed by atoms with van der Waals surface area (Å²) in [6, 6.07) is 0. The first-order valence-corrected chi connectivity index (χ1v) is 8.85. The van der Waals surface area contributed by atoms with Gasteiger partial charge in [-0.25, -0.2) is 0 Å². The van der Waals surface area contributed by atoms with Crippen molar-refractivity contribution in [3.8, 4) is 0 Å². The maximum absolute atomic E-state index is 8.64. The molecular formula is HBiO8PbVZn. The van der Waals surface area contributed by atoms with E-state index in [0.717, 1.165) is 0 Å². The summed E-state index contributed by atoms with van der Waals surface area (Å²) in [5, 5.41) is 0. The van der Waals surface area contributed by atoms with Crippen molar-refractivity contribution in [3.63, 3.8) is 0 Å². The molecule has 0 atom stereocenters. The van der Waals surface area contributed by atoms with Crippen LogP contribution in [-0.2, 0) is 58.3 Å². The predicted octanol–water partition coefficient (Wildman–Crippen LogP) is -1.98. The Balaban J connectivity index is -0.0000000453. The van der Waals surface area contributed by atoms with Crippen LogP contribution in [0.25, 0.3) is 0 Å². The van der Waals surface area contributed by atoms with Crippen LogP contribution in [0.2, 0.25) is 0 Å². The van der Waals surface area contributed by atoms with Crippen molar-refractivity contribution in [2.24, 2.45) is 0 Å².